The van der Waals surface area contributed by atoms with Crippen molar-refractivity contribution in [3.8, 4) is 11.8 Å². The molecule has 0 atom stereocenters. The van der Waals surface area contributed by atoms with Crippen LogP contribution in [0.2, 0.25) is 0 Å². The molecule has 1 aliphatic rings. The molecule has 0 unspecified atom stereocenters. The van der Waals surface area contributed by atoms with Crippen LogP contribution in [0.15, 0.2) is 24.3 Å². The third-order valence-corrected chi connectivity index (χ3v) is 3.79. The molecule has 1 fully saturated rings. The minimum Gasteiger partial charge on any atom is -0.395 e. The summed E-state index contributed by atoms with van der Waals surface area (Å²) in [5.41, 5.74) is 7.72. The zero-order chi connectivity index (χ0) is 14.9. The standard InChI is InChI=1S/C17H25N3O/c18-8-1-3-16-4-6-17(7-5-16)15-20-10-2-9-19(11-12-20)13-14-21/h4-7,21H,2,8-15,18H2. The fraction of sp³-hybridized carbons (Fsp3) is 0.529. The minimum atomic E-state index is 0.255. The smallest absolute Gasteiger partial charge is 0.0558 e. The quantitative estimate of drug-likeness (QED) is 0.792. The summed E-state index contributed by atoms with van der Waals surface area (Å²) in [5.74, 6) is 5.92. The highest BCUT2D eigenvalue weighted by atomic mass is 16.3. The zero-order valence-corrected chi connectivity index (χ0v) is 12.6. The van der Waals surface area contributed by atoms with Crippen LogP contribution in [0.5, 0.6) is 0 Å². The highest BCUT2D eigenvalue weighted by Gasteiger charge is 2.14. The molecule has 0 bridgehead atoms. The van der Waals surface area contributed by atoms with Crippen LogP contribution >= 0.6 is 0 Å². The molecule has 4 nitrogen and oxygen atoms in total. The Balaban J connectivity index is 1.86. The molecule has 21 heavy (non-hydrogen) atoms. The second-order valence-electron chi connectivity index (χ2n) is 5.40. The molecule has 0 aliphatic carbocycles. The predicted octanol–water partition coefficient (Wildman–Crippen LogP) is 0.497. The lowest BCUT2D eigenvalue weighted by atomic mass is 10.1. The van der Waals surface area contributed by atoms with Crippen molar-refractivity contribution in [3.05, 3.63) is 35.4 Å². The summed E-state index contributed by atoms with van der Waals surface area (Å²) in [6.07, 6.45) is 1.17. The van der Waals surface area contributed by atoms with Crippen LogP contribution in [-0.2, 0) is 6.54 Å². The van der Waals surface area contributed by atoms with Crippen molar-refractivity contribution < 1.29 is 5.11 Å². The van der Waals surface area contributed by atoms with Gasteiger partial charge in [-0.25, -0.2) is 0 Å². The van der Waals surface area contributed by atoms with E-state index in [2.05, 4.69) is 45.9 Å². The number of nitrogens with zero attached hydrogens (tertiary/aromatic N) is 2. The van der Waals surface area contributed by atoms with Gasteiger partial charge in [0.1, 0.15) is 0 Å². The maximum absolute atomic E-state index is 9.02. The van der Waals surface area contributed by atoms with Crippen molar-refractivity contribution in [2.24, 2.45) is 5.73 Å². The maximum Gasteiger partial charge on any atom is 0.0558 e. The van der Waals surface area contributed by atoms with E-state index in [4.69, 9.17) is 10.8 Å². The summed E-state index contributed by atoms with van der Waals surface area (Å²) < 4.78 is 0. The number of aliphatic hydroxyl groups is 1. The van der Waals surface area contributed by atoms with Gasteiger partial charge in [-0.15, -0.1) is 0 Å². The number of hydrogen-bond donors (Lipinski definition) is 2. The monoisotopic (exact) mass is 287 g/mol. The third-order valence-electron chi connectivity index (χ3n) is 3.79. The Bertz CT molecular complexity index is 475. The number of nitrogens with two attached hydrogens (primary N) is 1. The number of benzene rings is 1. The molecular weight excluding hydrogens is 262 g/mol. The molecule has 4 heteroatoms. The van der Waals surface area contributed by atoms with Gasteiger partial charge in [-0.05, 0) is 37.2 Å². The van der Waals surface area contributed by atoms with Crippen molar-refractivity contribution in [1.29, 1.82) is 0 Å². The second kappa shape index (κ2) is 8.81. The van der Waals surface area contributed by atoms with E-state index in [1.807, 2.05) is 0 Å². The molecule has 3 N–H and O–H groups in total. The Morgan fingerprint density at radius 1 is 1.05 bits per heavy atom. The number of hydrogen-bond acceptors (Lipinski definition) is 4. The van der Waals surface area contributed by atoms with Crippen molar-refractivity contribution in [3.63, 3.8) is 0 Å². The molecule has 0 saturated carbocycles. The van der Waals surface area contributed by atoms with E-state index in [1.54, 1.807) is 0 Å². The van der Waals surface area contributed by atoms with E-state index >= 15 is 0 Å². The summed E-state index contributed by atoms with van der Waals surface area (Å²) in [6, 6.07) is 8.43. The largest absolute Gasteiger partial charge is 0.395 e. The lowest BCUT2D eigenvalue weighted by Gasteiger charge is -2.21. The normalized spacial score (nSPS) is 17.0. The molecule has 0 spiro atoms. The molecule has 1 heterocycles. The van der Waals surface area contributed by atoms with Gasteiger partial charge >= 0.3 is 0 Å². The summed E-state index contributed by atoms with van der Waals surface area (Å²) in [7, 11) is 0. The molecule has 1 saturated heterocycles. The van der Waals surface area contributed by atoms with Gasteiger partial charge < -0.3 is 10.8 Å². The van der Waals surface area contributed by atoms with Crippen molar-refractivity contribution in [2.75, 3.05) is 45.9 Å². The van der Waals surface area contributed by atoms with E-state index in [-0.39, 0.29) is 6.61 Å². The van der Waals surface area contributed by atoms with E-state index < -0.39 is 0 Å². The molecule has 0 amide bonds. The summed E-state index contributed by atoms with van der Waals surface area (Å²) >= 11 is 0. The van der Waals surface area contributed by atoms with Crippen molar-refractivity contribution in [1.82, 2.24) is 9.80 Å². The lowest BCUT2D eigenvalue weighted by molar-refractivity contribution is 0.196. The Labute approximate surface area is 127 Å². The summed E-state index contributed by atoms with van der Waals surface area (Å²) in [4.78, 5) is 4.82. The molecule has 1 aromatic rings. The molecule has 114 valence electrons. The fourth-order valence-corrected chi connectivity index (χ4v) is 2.65. The topological polar surface area (TPSA) is 52.7 Å². The van der Waals surface area contributed by atoms with Crippen molar-refractivity contribution >= 4 is 0 Å². The van der Waals surface area contributed by atoms with E-state index in [0.29, 0.717) is 6.54 Å². The highest BCUT2D eigenvalue weighted by molar-refractivity contribution is 5.36. The minimum absolute atomic E-state index is 0.255. The van der Waals surface area contributed by atoms with Crippen LogP contribution < -0.4 is 5.73 Å². The van der Waals surface area contributed by atoms with Crippen LogP contribution in [-0.4, -0.2) is 60.8 Å². The van der Waals surface area contributed by atoms with E-state index in [0.717, 1.165) is 44.8 Å². The van der Waals surface area contributed by atoms with Crippen LogP contribution in [0.25, 0.3) is 0 Å². The first kappa shape index (κ1) is 16.0. The number of rotatable bonds is 4. The molecule has 1 aliphatic heterocycles. The first-order chi connectivity index (χ1) is 10.3. The Morgan fingerprint density at radius 3 is 2.48 bits per heavy atom. The average Bonchev–Trinajstić information content (AvgIpc) is 2.73. The third kappa shape index (κ3) is 5.49. The van der Waals surface area contributed by atoms with Gasteiger partial charge in [-0.1, -0.05) is 24.0 Å². The van der Waals surface area contributed by atoms with Gasteiger partial charge in [0.2, 0.25) is 0 Å². The molecule has 0 radical (unpaired) electrons. The summed E-state index contributed by atoms with van der Waals surface area (Å²) in [6.45, 7) is 6.75. The second-order valence-corrected chi connectivity index (χ2v) is 5.40. The Kier molecular flexibility index (Phi) is 6.71. The van der Waals surface area contributed by atoms with Gasteiger partial charge in [-0.3, -0.25) is 9.80 Å². The van der Waals surface area contributed by atoms with Gasteiger partial charge in [-0.2, -0.15) is 0 Å². The highest BCUT2D eigenvalue weighted by Crippen LogP contribution is 2.10. The average molecular weight is 287 g/mol. The van der Waals surface area contributed by atoms with Crippen LogP contribution in [0.1, 0.15) is 17.5 Å². The number of aliphatic hydroxyl groups excluding tert-OH is 1. The van der Waals surface area contributed by atoms with Gasteiger partial charge in [0.15, 0.2) is 0 Å². The van der Waals surface area contributed by atoms with Crippen LogP contribution in [0.4, 0.5) is 0 Å². The Morgan fingerprint density at radius 2 is 1.76 bits per heavy atom. The maximum atomic E-state index is 9.02. The van der Waals surface area contributed by atoms with Crippen LogP contribution in [0, 0.1) is 11.8 Å². The zero-order valence-electron chi connectivity index (χ0n) is 12.6. The molecule has 0 aromatic heterocycles. The molecular formula is C17H25N3O. The van der Waals surface area contributed by atoms with Gasteiger partial charge in [0, 0.05) is 31.7 Å². The predicted molar refractivity (Wildman–Crippen MR) is 85.8 cm³/mol. The SMILES string of the molecule is NCC#Cc1ccc(CN2CCCN(CCO)CC2)cc1. The van der Waals surface area contributed by atoms with Crippen molar-refractivity contribution in [2.45, 2.75) is 13.0 Å². The fourth-order valence-electron chi connectivity index (χ4n) is 2.65. The van der Waals surface area contributed by atoms with E-state index in [9.17, 15) is 0 Å². The van der Waals surface area contributed by atoms with Gasteiger partial charge in [0.25, 0.3) is 0 Å². The summed E-state index contributed by atoms with van der Waals surface area (Å²) in [5, 5.41) is 9.02. The first-order valence-corrected chi connectivity index (χ1v) is 7.65. The van der Waals surface area contributed by atoms with Gasteiger partial charge in [0.05, 0.1) is 13.2 Å². The molecule has 1 aromatic carbocycles. The number of β-amino-alcohol motifs (C(OH)–C–C–N with tert-alkyl or cyclic N) is 1. The Hall–Kier alpha value is -1.38. The first-order valence-electron chi connectivity index (χ1n) is 7.65. The van der Waals surface area contributed by atoms with E-state index in [1.165, 1.54) is 12.0 Å². The molecule has 2 rings (SSSR count). The lowest BCUT2D eigenvalue weighted by Crippen LogP contribution is -2.32. The van der Waals surface area contributed by atoms with Crippen LogP contribution in [0.3, 0.4) is 0 Å².